The lowest BCUT2D eigenvalue weighted by Gasteiger charge is -2.18. The van der Waals surface area contributed by atoms with Crippen LogP contribution >= 0.6 is 0 Å². The zero-order valence-electron chi connectivity index (χ0n) is 10.6. The number of nitrogens with two attached hydrogens (primary N) is 1. The van der Waals surface area contributed by atoms with E-state index in [4.69, 9.17) is 5.73 Å². The van der Waals surface area contributed by atoms with Crippen molar-refractivity contribution < 1.29 is 14.8 Å². The molecule has 7 nitrogen and oxygen atoms in total. The van der Waals surface area contributed by atoms with Crippen LogP contribution in [0.5, 0.6) is 0 Å². The van der Waals surface area contributed by atoms with Crippen molar-refractivity contribution in [1.29, 1.82) is 0 Å². The molecule has 2 unspecified atom stereocenters. The minimum Gasteiger partial charge on any atom is -0.382 e. The lowest BCUT2D eigenvalue weighted by atomic mass is 10.0. The van der Waals surface area contributed by atoms with Gasteiger partial charge in [0.05, 0.1) is 4.92 Å². The maximum absolute atomic E-state index is 10.7. The molecule has 1 rings (SSSR count). The Balaban J connectivity index is 2.77. The molecule has 0 bridgehead atoms. The Morgan fingerprint density at radius 2 is 2.26 bits per heavy atom. The van der Waals surface area contributed by atoms with Crippen molar-refractivity contribution >= 4 is 11.6 Å². The summed E-state index contributed by atoms with van der Waals surface area (Å²) in [6, 6.07) is 6.05. The molecule has 0 saturated heterocycles. The molecule has 0 aliphatic carbocycles. The highest BCUT2D eigenvalue weighted by atomic mass is 16.6. The molecule has 2 atom stereocenters. The van der Waals surface area contributed by atoms with E-state index in [0.717, 1.165) is 5.56 Å². The molecule has 104 valence electrons. The maximum Gasteiger partial charge on any atom is 0.269 e. The molecule has 0 heterocycles. The number of amides is 1. The minimum absolute atomic E-state index is 0.00759. The average Bonchev–Trinajstić information content (AvgIpc) is 2.39. The van der Waals surface area contributed by atoms with Crippen LogP contribution in [0.2, 0.25) is 0 Å². The topological polar surface area (TPSA) is 118 Å². The summed E-state index contributed by atoms with van der Waals surface area (Å²) < 4.78 is 0. The molecule has 0 spiro atoms. The van der Waals surface area contributed by atoms with Crippen LogP contribution in [0.1, 0.15) is 24.9 Å². The van der Waals surface area contributed by atoms with E-state index in [1.165, 1.54) is 12.1 Å². The second-order valence-corrected chi connectivity index (χ2v) is 4.14. The number of carbonyl (C=O) groups excluding carboxylic acids is 1. The van der Waals surface area contributed by atoms with E-state index >= 15 is 0 Å². The Hall–Kier alpha value is -1.99. The fourth-order valence-corrected chi connectivity index (χ4v) is 1.71. The number of hydrogen-bond donors (Lipinski definition) is 3. The van der Waals surface area contributed by atoms with E-state index < -0.39 is 16.9 Å². The van der Waals surface area contributed by atoms with Crippen LogP contribution in [0.25, 0.3) is 0 Å². The second kappa shape index (κ2) is 6.81. The van der Waals surface area contributed by atoms with Crippen LogP contribution in [0.15, 0.2) is 24.3 Å². The number of primary amides is 1. The van der Waals surface area contributed by atoms with Crippen LogP contribution in [0.3, 0.4) is 0 Å². The molecule has 4 N–H and O–H groups in total. The molecule has 0 saturated carbocycles. The summed E-state index contributed by atoms with van der Waals surface area (Å²) in [7, 11) is 0. The predicted molar refractivity (Wildman–Crippen MR) is 69.3 cm³/mol. The molecular formula is C12H17N3O4. The number of nitro benzene ring substituents is 1. The number of carbonyl (C=O) groups is 1. The number of nitrogens with one attached hydrogen (secondary N) is 1. The van der Waals surface area contributed by atoms with Crippen LogP contribution < -0.4 is 11.1 Å². The lowest BCUT2D eigenvalue weighted by molar-refractivity contribution is -0.384. The van der Waals surface area contributed by atoms with Crippen molar-refractivity contribution in [2.24, 2.45) is 5.73 Å². The number of hydrogen-bond acceptors (Lipinski definition) is 5. The first kappa shape index (κ1) is 15.1. The Morgan fingerprint density at radius 1 is 1.58 bits per heavy atom. The third-order valence-corrected chi connectivity index (χ3v) is 2.78. The first-order valence-electron chi connectivity index (χ1n) is 5.90. The number of aliphatic hydroxyl groups is 1. The van der Waals surface area contributed by atoms with E-state index in [9.17, 15) is 20.0 Å². The van der Waals surface area contributed by atoms with Gasteiger partial charge in [0, 0.05) is 24.7 Å². The molecule has 0 fully saturated rings. The number of benzene rings is 1. The van der Waals surface area contributed by atoms with Gasteiger partial charge in [0.2, 0.25) is 5.91 Å². The number of nitro groups is 1. The lowest BCUT2D eigenvalue weighted by Crippen LogP contribution is -2.38. The van der Waals surface area contributed by atoms with Gasteiger partial charge >= 0.3 is 0 Å². The molecule has 1 aromatic carbocycles. The van der Waals surface area contributed by atoms with Gasteiger partial charge in [-0.25, -0.2) is 0 Å². The number of nitrogens with zero attached hydrogens (tertiary/aromatic N) is 1. The van der Waals surface area contributed by atoms with Crippen molar-refractivity contribution in [1.82, 2.24) is 5.32 Å². The fourth-order valence-electron chi connectivity index (χ4n) is 1.71. The highest BCUT2D eigenvalue weighted by molar-refractivity contribution is 5.78. The van der Waals surface area contributed by atoms with Gasteiger partial charge in [-0.15, -0.1) is 0 Å². The van der Waals surface area contributed by atoms with Gasteiger partial charge in [-0.3, -0.25) is 14.9 Å². The largest absolute Gasteiger partial charge is 0.382 e. The van der Waals surface area contributed by atoms with E-state index in [1.54, 1.807) is 12.1 Å². The van der Waals surface area contributed by atoms with E-state index in [0.29, 0.717) is 6.42 Å². The summed E-state index contributed by atoms with van der Waals surface area (Å²) in [6.07, 6.45) is -0.611. The summed E-state index contributed by atoms with van der Waals surface area (Å²) in [5, 5.41) is 23.0. The van der Waals surface area contributed by atoms with Gasteiger partial charge in [-0.2, -0.15) is 0 Å². The van der Waals surface area contributed by atoms with E-state index in [1.807, 2.05) is 6.92 Å². The van der Waals surface area contributed by atoms with Gasteiger partial charge in [0.25, 0.3) is 5.69 Å². The van der Waals surface area contributed by atoms with Gasteiger partial charge in [0.1, 0.15) is 6.10 Å². The number of aliphatic hydroxyl groups excluding tert-OH is 1. The molecule has 0 aliphatic rings. The highest BCUT2D eigenvalue weighted by Gasteiger charge is 2.16. The minimum atomic E-state index is -1.27. The second-order valence-electron chi connectivity index (χ2n) is 4.14. The zero-order chi connectivity index (χ0) is 14.4. The van der Waals surface area contributed by atoms with Crippen molar-refractivity contribution in [3.63, 3.8) is 0 Å². The van der Waals surface area contributed by atoms with Crippen LogP contribution in [-0.4, -0.2) is 28.6 Å². The molecule has 1 aromatic rings. The van der Waals surface area contributed by atoms with Crippen LogP contribution in [-0.2, 0) is 4.79 Å². The third-order valence-electron chi connectivity index (χ3n) is 2.78. The van der Waals surface area contributed by atoms with Gasteiger partial charge in [-0.05, 0) is 12.0 Å². The van der Waals surface area contributed by atoms with Gasteiger partial charge in [-0.1, -0.05) is 19.1 Å². The Bertz CT molecular complexity index is 464. The molecule has 0 aromatic heterocycles. The highest BCUT2D eigenvalue weighted by Crippen LogP contribution is 2.21. The first-order valence-corrected chi connectivity index (χ1v) is 5.90. The van der Waals surface area contributed by atoms with Crippen molar-refractivity contribution in [2.45, 2.75) is 25.5 Å². The molecule has 7 heteroatoms. The molecular weight excluding hydrogens is 250 g/mol. The summed E-state index contributed by atoms with van der Waals surface area (Å²) in [6.45, 7) is 1.91. The zero-order valence-corrected chi connectivity index (χ0v) is 10.6. The van der Waals surface area contributed by atoms with Crippen LogP contribution in [0.4, 0.5) is 5.69 Å². The molecule has 1 amide bonds. The van der Waals surface area contributed by atoms with Crippen molar-refractivity contribution in [3.8, 4) is 0 Å². The summed E-state index contributed by atoms with van der Waals surface area (Å²) in [5.41, 5.74) is 5.69. The Morgan fingerprint density at radius 3 is 2.79 bits per heavy atom. The first-order chi connectivity index (χ1) is 8.95. The predicted octanol–water partition coefficient (Wildman–Crippen LogP) is 0.482. The van der Waals surface area contributed by atoms with Crippen molar-refractivity contribution in [2.75, 3.05) is 6.54 Å². The summed E-state index contributed by atoms with van der Waals surface area (Å²) in [4.78, 5) is 21.0. The standard InChI is InChI=1S/C12H17N3O4/c1-2-10(14-7-11(16)12(13)17)8-4-3-5-9(6-8)15(18)19/h3-6,10-11,14,16H,2,7H2,1H3,(H2,13,17). The molecule has 0 radical (unpaired) electrons. The quantitative estimate of drug-likeness (QED) is 0.490. The van der Waals surface area contributed by atoms with E-state index in [-0.39, 0.29) is 18.3 Å². The molecule has 0 aliphatic heterocycles. The Labute approximate surface area is 110 Å². The normalized spacial score (nSPS) is 13.8. The van der Waals surface area contributed by atoms with Gasteiger partial charge < -0.3 is 16.2 Å². The summed E-state index contributed by atoms with van der Waals surface area (Å²) in [5.74, 6) is -0.804. The van der Waals surface area contributed by atoms with Gasteiger partial charge in [0.15, 0.2) is 0 Å². The monoisotopic (exact) mass is 267 g/mol. The van der Waals surface area contributed by atoms with E-state index in [2.05, 4.69) is 5.32 Å². The number of rotatable bonds is 7. The molecule has 19 heavy (non-hydrogen) atoms. The SMILES string of the molecule is CCC(NCC(O)C(N)=O)c1cccc([N+](=O)[O-])c1. The summed E-state index contributed by atoms with van der Waals surface area (Å²) >= 11 is 0. The maximum atomic E-state index is 10.7. The third kappa shape index (κ3) is 4.31. The van der Waals surface area contributed by atoms with Crippen LogP contribution in [0, 0.1) is 10.1 Å². The van der Waals surface area contributed by atoms with Crippen molar-refractivity contribution in [3.05, 3.63) is 39.9 Å². The average molecular weight is 267 g/mol. The smallest absolute Gasteiger partial charge is 0.269 e. The fraction of sp³-hybridized carbons (Fsp3) is 0.417. The number of non-ortho nitro benzene ring substituents is 1. The Kier molecular flexibility index (Phi) is 5.40.